The predicted octanol–water partition coefficient (Wildman–Crippen LogP) is 3.82. The van der Waals surface area contributed by atoms with Gasteiger partial charge in [-0.1, -0.05) is 49.7 Å². The van der Waals surface area contributed by atoms with E-state index in [0.29, 0.717) is 18.7 Å². The number of amides is 2. The van der Waals surface area contributed by atoms with Crippen LogP contribution in [0.5, 0.6) is 0 Å². The Morgan fingerprint density at radius 2 is 1.79 bits per heavy atom. The van der Waals surface area contributed by atoms with Crippen molar-refractivity contribution >= 4 is 22.7 Å². The molecule has 1 unspecified atom stereocenters. The van der Waals surface area contributed by atoms with Crippen LogP contribution in [0.1, 0.15) is 41.0 Å². The number of nitrogens with one attached hydrogen (secondary N) is 2. The highest BCUT2D eigenvalue weighted by Gasteiger charge is 2.32. The van der Waals surface area contributed by atoms with Gasteiger partial charge in [0, 0.05) is 47.2 Å². The van der Waals surface area contributed by atoms with E-state index in [1.165, 1.54) is 16.6 Å². The Bertz CT molecular complexity index is 1050. The Hall–Kier alpha value is -3.08. The van der Waals surface area contributed by atoms with Crippen molar-refractivity contribution in [3.05, 3.63) is 70.9 Å². The number of aromatic amines is 1. The van der Waals surface area contributed by atoms with Crippen molar-refractivity contribution in [3.63, 3.8) is 0 Å². The summed E-state index contributed by atoms with van der Waals surface area (Å²) in [5.41, 5.74) is 5.18. The van der Waals surface area contributed by atoms with Gasteiger partial charge >= 0.3 is 0 Å². The van der Waals surface area contributed by atoms with E-state index in [4.69, 9.17) is 0 Å². The van der Waals surface area contributed by atoms with E-state index in [9.17, 15) is 9.59 Å². The number of carbonyl (C=O) groups excluding carboxylic acids is 2. The van der Waals surface area contributed by atoms with Crippen molar-refractivity contribution in [1.82, 2.24) is 15.2 Å². The van der Waals surface area contributed by atoms with Crippen molar-refractivity contribution in [1.29, 1.82) is 0 Å². The van der Waals surface area contributed by atoms with Crippen molar-refractivity contribution in [3.8, 4) is 0 Å². The van der Waals surface area contributed by atoms with Gasteiger partial charge < -0.3 is 15.2 Å². The Morgan fingerprint density at radius 3 is 2.52 bits per heavy atom. The quantitative estimate of drug-likeness (QED) is 0.713. The molecular weight excluding hydrogens is 362 g/mol. The summed E-state index contributed by atoms with van der Waals surface area (Å²) in [6.07, 6.45) is 0.798. The minimum atomic E-state index is -0.546. The maximum absolute atomic E-state index is 13.3. The summed E-state index contributed by atoms with van der Waals surface area (Å²) in [6.45, 7) is 7.15. The SMILES string of the molecule is Cc1ccc(C(=O)NC(C(=O)N2CCc3[nH]c4ccccc4c3C2)C(C)C)cc1. The van der Waals surface area contributed by atoms with Crippen molar-refractivity contribution in [2.45, 2.75) is 39.8 Å². The van der Waals surface area contributed by atoms with Crippen LogP contribution in [0.4, 0.5) is 0 Å². The van der Waals surface area contributed by atoms with Gasteiger partial charge in [-0.15, -0.1) is 0 Å². The molecule has 0 radical (unpaired) electrons. The molecule has 0 fully saturated rings. The molecule has 2 N–H and O–H groups in total. The third-order valence-electron chi connectivity index (χ3n) is 5.73. The molecule has 4 rings (SSSR count). The lowest BCUT2D eigenvalue weighted by atomic mass is 9.99. The van der Waals surface area contributed by atoms with E-state index in [0.717, 1.165) is 17.5 Å². The number of aromatic nitrogens is 1. The molecule has 29 heavy (non-hydrogen) atoms. The van der Waals surface area contributed by atoms with Gasteiger partial charge in [0.2, 0.25) is 5.91 Å². The van der Waals surface area contributed by atoms with Crippen LogP contribution in [0.15, 0.2) is 48.5 Å². The molecule has 5 heteroatoms. The number of benzene rings is 2. The molecule has 2 aromatic carbocycles. The fraction of sp³-hybridized carbons (Fsp3) is 0.333. The fourth-order valence-electron chi connectivity index (χ4n) is 3.99. The first-order chi connectivity index (χ1) is 13.9. The monoisotopic (exact) mass is 389 g/mol. The Balaban J connectivity index is 1.53. The van der Waals surface area contributed by atoms with E-state index in [2.05, 4.69) is 22.4 Å². The van der Waals surface area contributed by atoms with Crippen LogP contribution < -0.4 is 5.32 Å². The maximum Gasteiger partial charge on any atom is 0.251 e. The second-order valence-corrected chi connectivity index (χ2v) is 8.20. The summed E-state index contributed by atoms with van der Waals surface area (Å²) >= 11 is 0. The van der Waals surface area contributed by atoms with Crippen LogP contribution in [-0.2, 0) is 17.8 Å². The van der Waals surface area contributed by atoms with E-state index in [-0.39, 0.29) is 17.7 Å². The molecule has 0 saturated carbocycles. The summed E-state index contributed by atoms with van der Waals surface area (Å²) in [5.74, 6) is -0.223. The number of nitrogens with zero attached hydrogens (tertiary/aromatic N) is 1. The average Bonchev–Trinajstić information content (AvgIpc) is 3.09. The van der Waals surface area contributed by atoms with E-state index in [1.807, 2.05) is 49.9 Å². The van der Waals surface area contributed by atoms with Gasteiger partial charge in [-0.25, -0.2) is 0 Å². The number of rotatable bonds is 4. The van der Waals surface area contributed by atoms with Gasteiger partial charge in [-0.2, -0.15) is 0 Å². The van der Waals surface area contributed by atoms with Crippen molar-refractivity contribution in [2.24, 2.45) is 5.92 Å². The zero-order chi connectivity index (χ0) is 20.5. The number of carbonyl (C=O) groups is 2. The number of para-hydroxylation sites is 1. The Kier molecular flexibility index (Phi) is 5.14. The molecule has 0 bridgehead atoms. The third kappa shape index (κ3) is 3.77. The minimum Gasteiger partial charge on any atom is -0.358 e. The number of fused-ring (bicyclic) bond motifs is 3. The lowest BCUT2D eigenvalue weighted by Crippen LogP contribution is -2.52. The summed E-state index contributed by atoms with van der Waals surface area (Å²) in [4.78, 5) is 31.4. The molecule has 0 saturated heterocycles. The number of hydrogen-bond acceptors (Lipinski definition) is 2. The van der Waals surface area contributed by atoms with Crippen LogP contribution in [0.3, 0.4) is 0 Å². The molecule has 1 atom stereocenters. The van der Waals surface area contributed by atoms with Crippen LogP contribution in [0.25, 0.3) is 10.9 Å². The van der Waals surface area contributed by atoms with Gasteiger partial charge in [0.25, 0.3) is 5.91 Å². The molecule has 1 aliphatic heterocycles. The smallest absolute Gasteiger partial charge is 0.251 e. The summed E-state index contributed by atoms with van der Waals surface area (Å²) in [6, 6.07) is 15.1. The molecular formula is C24H27N3O2. The van der Waals surface area contributed by atoms with E-state index >= 15 is 0 Å². The second-order valence-electron chi connectivity index (χ2n) is 8.20. The second kappa shape index (κ2) is 7.74. The molecule has 1 aliphatic rings. The molecule has 0 spiro atoms. The maximum atomic E-state index is 13.3. The predicted molar refractivity (Wildman–Crippen MR) is 115 cm³/mol. The first-order valence-corrected chi connectivity index (χ1v) is 10.2. The summed E-state index contributed by atoms with van der Waals surface area (Å²) in [7, 11) is 0. The Labute approximate surface area is 171 Å². The van der Waals surface area contributed by atoms with E-state index < -0.39 is 6.04 Å². The highest BCUT2D eigenvalue weighted by atomic mass is 16.2. The van der Waals surface area contributed by atoms with Crippen molar-refractivity contribution < 1.29 is 9.59 Å². The normalized spacial score (nSPS) is 14.7. The molecule has 2 heterocycles. The number of aryl methyl sites for hydroxylation is 1. The van der Waals surface area contributed by atoms with Crippen LogP contribution in [0.2, 0.25) is 0 Å². The molecule has 2 amide bonds. The minimum absolute atomic E-state index is 0.00117. The molecule has 5 nitrogen and oxygen atoms in total. The lowest BCUT2D eigenvalue weighted by molar-refractivity contribution is -0.135. The van der Waals surface area contributed by atoms with Gasteiger partial charge in [-0.3, -0.25) is 9.59 Å². The van der Waals surface area contributed by atoms with Crippen LogP contribution in [0, 0.1) is 12.8 Å². The topological polar surface area (TPSA) is 65.2 Å². The molecule has 3 aromatic rings. The average molecular weight is 389 g/mol. The Morgan fingerprint density at radius 1 is 1.07 bits per heavy atom. The van der Waals surface area contributed by atoms with E-state index in [1.54, 1.807) is 12.1 Å². The van der Waals surface area contributed by atoms with Crippen LogP contribution in [-0.4, -0.2) is 34.3 Å². The number of H-pyrrole nitrogens is 1. The zero-order valence-electron chi connectivity index (χ0n) is 17.2. The molecule has 0 aliphatic carbocycles. The number of hydrogen-bond donors (Lipinski definition) is 2. The third-order valence-corrected chi connectivity index (χ3v) is 5.73. The highest BCUT2D eigenvalue weighted by molar-refractivity contribution is 5.97. The lowest BCUT2D eigenvalue weighted by Gasteiger charge is -2.32. The summed E-state index contributed by atoms with van der Waals surface area (Å²) in [5, 5.41) is 4.14. The fourth-order valence-corrected chi connectivity index (χ4v) is 3.99. The largest absolute Gasteiger partial charge is 0.358 e. The molecule has 1 aromatic heterocycles. The first kappa shape index (κ1) is 19.2. The van der Waals surface area contributed by atoms with Crippen LogP contribution >= 0.6 is 0 Å². The highest BCUT2D eigenvalue weighted by Crippen LogP contribution is 2.28. The van der Waals surface area contributed by atoms with Gasteiger partial charge in [0.15, 0.2) is 0 Å². The first-order valence-electron chi connectivity index (χ1n) is 10.2. The summed E-state index contributed by atoms with van der Waals surface area (Å²) < 4.78 is 0. The molecule has 150 valence electrons. The van der Waals surface area contributed by atoms with Gasteiger partial charge in [0.05, 0.1) is 0 Å². The standard InChI is InChI=1S/C24H27N3O2/c1-15(2)22(26-23(28)17-10-8-16(3)9-11-17)24(29)27-13-12-21-19(14-27)18-6-4-5-7-20(18)25-21/h4-11,15,22,25H,12-14H2,1-3H3,(H,26,28). The van der Waals surface area contributed by atoms with Crippen molar-refractivity contribution in [2.75, 3.05) is 6.54 Å². The van der Waals surface area contributed by atoms with Gasteiger partial charge in [0.1, 0.15) is 6.04 Å². The van der Waals surface area contributed by atoms with Gasteiger partial charge in [-0.05, 0) is 31.0 Å². The zero-order valence-corrected chi connectivity index (χ0v) is 17.2.